The number of hydrogen-bond acceptors (Lipinski definition) is 0. The van der Waals surface area contributed by atoms with Crippen LogP contribution in [0.4, 0.5) is 26.3 Å². The highest BCUT2D eigenvalue weighted by molar-refractivity contribution is 7.93. The van der Waals surface area contributed by atoms with Gasteiger partial charge in [-0.3, -0.25) is 0 Å². The predicted octanol–water partition coefficient (Wildman–Crippen LogP) is 6.55. The first kappa shape index (κ1) is 22.3. The molecule has 0 unspecified atom stereocenters. The first-order valence-corrected chi connectivity index (χ1v) is 12.1. The maximum atomic E-state index is 15.2. The average molecular weight is 484 g/mol. The van der Waals surface area contributed by atoms with Crippen LogP contribution in [0.2, 0.25) is 0 Å². The number of fused-ring (bicyclic) bond motifs is 3. The van der Waals surface area contributed by atoms with Crippen LogP contribution < -0.4 is 15.9 Å². The molecule has 5 rings (SSSR count). The van der Waals surface area contributed by atoms with E-state index in [1.807, 2.05) is 18.2 Å². The van der Waals surface area contributed by atoms with E-state index in [2.05, 4.69) is 6.30 Å². The Morgan fingerprint density at radius 1 is 0.441 bits per heavy atom. The predicted molar refractivity (Wildman–Crippen MR) is 127 cm³/mol. The fourth-order valence-electron chi connectivity index (χ4n) is 4.35. The molecule has 5 aromatic carbocycles. The molecule has 0 saturated heterocycles. The van der Waals surface area contributed by atoms with Crippen molar-refractivity contribution in [2.75, 3.05) is 0 Å². The third-order valence-corrected chi connectivity index (χ3v) is 9.48. The van der Waals surface area contributed by atoms with Crippen molar-refractivity contribution in [2.45, 2.75) is 0 Å². The van der Waals surface area contributed by atoms with E-state index in [0.717, 1.165) is 10.8 Å². The van der Waals surface area contributed by atoms with Crippen LogP contribution in [0.15, 0.2) is 78.9 Å². The Hall–Kier alpha value is -3.50. The summed E-state index contributed by atoms with van der Waals surface area (Å²) in [6, 6.07) is 17.9. The molecule has 0 aromatic heterocycles. The van der Waals surface area contributed by atoms with E-state index in [1.165, 1.54) is 0 Å². The van der Waals surface area contributed by atoms with Gasteiger partial charge in [0, 0.05) is 22.7 Å². The van der Waals surface area contributed by atoms with Gasteiger partial charge in [0.25, 0.3) is 0 Å². The molecule has 0 amide bonds. The molecule has 0 bridgehead atoms. The molecule has 34 heavy (non-hydrogen) atoms. The van der Waals surface area contributed by atoms with Gasteiger partial charge in [-0.2, -0.15) is 0 Å². The minimum atomic E-state index is -3.76. The zero-order valence-corrected chi connectivity index (χ0v) is 18.3. The molecule has 0 spiro atoms. The van der Waals surface area contributed by atoms with Crippen molar-refractivity contribution in [1.82, 2.24) is 0 Å². The van der Waals surface area contributed by atoms with E-state index in [-0.39, 0.29) is 0 Å². The van der Waals surface area contributed by atoms with Crippen LogP contribution >= 0.6 is 6.89 Å². The van der Waals surface area contributed by atoms with E-state index in [4.69, 9.17) is 0 Å². The maximum absolute atomic E-state index is 15.2. The molecule has 0 aliphatic carbocycles. The van der Waals surface area contributed by atoms with Gasteiger partial charge in [0.15, 0.2) is 23.3 Å². The van der Waals surface area contributed by atoms with E-state index in [1.54, 1.807) is 36.4 Å². The van der Waals surface area contributed by atoms with Gasteiger partial charge in [0.2, 0.25) is 0 Å². The van der Waals surface area contributed by atoms with Crippen LogP contribution in [-0.2, 0) is 0 Å². The summed E-state index contributed by atoms with van der Waals surface area (Å²) in [5, 5.41) is 2.32. The summed E-state index contributed by atoms with van der Waals surface area (Å²) >= 11 is 0. The second-order valence-corrected chi connectivity index (χ2v) is 11.0. The normalized spacial score (nSPS) is 11.9. The molecule has 0 fully saturated rings. The Balaban J connectivity index is 2.01. The summed E-state index contributed by atoms with van der Waals surface area (Å²) in [5.74, 6) is -7.91. The van der Waals surface area contributed by atoms with Crippen LogP contribution in [0.1, 0.15) is 0 Å². The van der Waals surface area contributed by atoms with Crippen molar-refractivity contribution in [1.29, 1.82) is 0 Å². The van der Waals surface area contributed by atoms with Crippen molar-refractivity contribution in [2.24, 2.45) is 0 Å². The van der Waals surface area contributed by atoms with Crippen molar-refractivity contribution in [3.05, 3.63) is 114 Å². The van der Waals surface area contributed by atoms with Crippen molar-refractivity contribution < 1.29 is 26.3 Å². The van der Waals surface area contributed by atoms with Gasteiger partial charge in [0.05, 0.1) is 0 Å². The van der Waals surface area contributed by atoms with Crippen LogP contribution in [-0.4, -0.2) is 6.30 Å². The number of halogens is 6. The summed E-state index contributed by atoms with van der Waals surface area (Å²) in [5.41, 5.74) is 0. The molecule has 170 valence electrons. The number of benzene rings is 5. The Morgan fingerprint density at radius 2 is 0.882 bits per heavy atom. The van der Waals surface area contributed by atoms with Gasteiger partial charge in [-0.05, 0) is 51.9 Å². The van der Waals surface area contributed by atoms with Gasteiger partial charge in [0.1, 0.15) is 11.6 Å². The monoisotopic (exact) mass is 484 g/mol. The van der Waals surface area contributed by atoms with E-state index >= 15 is 8.78 Å². The Kier molecular flexibility index (Phi) is 5.29. The minimum Gasteiger partial charge on any atom is -0.206 e. The average Bonchev–Trinajstić information content (AvgIpc) is 2.82. The Morgan fingerprint density at radius 3 is 1.44 bits per heavy atom. The minimum absolute atomic E-state index is 0.316. The van der Waals surface area contributed by atoms with Crippen molar-refractivity contribution >= 4 is 50.6 Å². The number of hydrogen-bond donors (Lipinski definition) is 0. The lowest BCUT2D eigenvalue weighted by molar-refractivity contribution is 0.497. The highest BCUT2D eigenvalue weighted by atomic mass is 31.2. The summed E-state index contributed by atoms with van der Waals surface area (Å²) in [6.07, 6.45) is 4.15. The van der Waals surface area contributed by atoms with Gasteiger partial charge >= 0.3 is 0 Å². The molecule has 0 atom stereocenters. The molecule has 7 heteroatoms. The fraction of sp³-hybridized carbons (Fsp3) is 0. The molecule has 0 nitrogen and oxygen atoms in total. The third-order valence-electron chi connectivity index (χ3n) is 5.96. The number of rotatable bonds is 3. The molecule has 0 aliphatic heterocycles. The lowest BCUT2D eigenvalue weighted by Crippen LogP contribution is -2.31. The summed E-state index contributed by atoms with van der Waals surface area (Å²) in [6.45, 7) is -3.76. The SMILES string of the molecule is C=P(c1cc(F)c(F)cc1F)(c1cc(F)c(F)cc1F)c1cc2ccccc2c2ccccc12. The van der Waals surface area contributed by atoms with Crippen molar-refractivity contribution in [3.63, 3.8) is 0 Å². The van der Waals surface area contributed by atoms with Crippen LogP contribution in [0.3, 0.4) is 0 Å². The van der Waals surface area contributed by atoms with Gasteiger partial charge in [-0.25, -0.2) is 26.3 Å². The standard InChI is InChI=1S/C27H15F6P/c1-34(26-13-21(30)19(28)11-23(26)32,27-14-22(31)20(29)12-24(27)33)25-10-15-6-2-3-7-16(15)17-8-4-5-9-18(17)25/h2-14H,1H2. The molecule has 5 aromatic rings. The molecule has 0 saturated carbocycles. The molecule has 0 heterocycles. The second-order valence-electron chi connectivity index (χ2n) is 7.91. The Bertz CT molecular complexity index is 1600. The highest BCUT2D eigenvalue weighted by Gasteiger charge is 2.32. The summed E-state index contributed by atoms with van der Waals surface area (Å²) in [4.78, 5) is 0. The van der Waals surface area contributed by atoms with Gasteiger partial charge < -0.3 is 0 Å². The molecule has 0 N–H and O–H groups in total. The van der Waals surface area contributed by atoms with Crippen LogP contribution in [0, 0.1) is 34.9 Å². The zero-order valence-electron chi connectivity index (χ0n) is 17.4. The largest absolute Gasteiger partial charge is 0.206 e. The van der Waals surface area contributed by atoms with E-state index in [0.29, 0.717) is 40.3 Å². The molecular formula is C27H15F6P. The molecule has 0 aliphatic rings. The Labute approximate surface area is 191 Å². The quantitative estimate of drug-likeness (QED) is 0.118. The highest BCUT2D eigenvalue weighted by Crippen LogP contribution is 2.47. The molecular weight excluding hydrogens is 469 g/mol. The van der Waals surface area contributed by atoms with Crippen LogP contribution in [0.25, 0.3) is 21.5 Å². The van der Waals surface area contributed by atoms with Crippen LogP contribution in [0.5, 0.6) is 0 Å². The third kappa shape index (κ3) is 3.33. The second kappa shape index (κ2) is 8.07. The fourth-order valence-corrected chi connectivity index (χ4v) is 7.62. The van der Waals surface area contributed by atoms with E-state index < -0.39 is 52.4 Å². The lowest BCUT2D eigenvalue weighted by atomic mass is 10.0. The topological polar surface area (TPSA) is 0 Å². The zero-order chi connectivity index (χ0) is 24.2. The first-order chi connectivity index (χ1) is 16.2. The summed E-state index contributed by atoms with van der Waals surface area (Å²) in [7, 11) is 0. The smallest absolute Gasteiger partial charge is 0.161 e. The van der Waals surface area contributed by atoms with Gasteiger partial charge in [-0.15, -0.1) is 0 Å². The van der Waals surface area contributed by atoms with Gasteiger partial charge in [-0.1, -0.05) is 54.8 Å². The lowest BCUT2D eigenvalue weighted by Gasteiger charge is -2.29. The molecule has 0 radical (unpaired) electrons. The first-order valence-electron chi connectivity index (χ1n) is 10.2. The van der Waals surface area contributed by atoms with Crippen molar-refractivity contribution in [3.8, 4) is 0 Å². The van der Waals surface area contributed by atoms with E-state index in [9.17, 15) is 17.6 Å². The summed E-state index contributed by atoms with van der Waals surface area (Å²) < 4.78 is 86.7. The maximum Gasteiger partial charge on any atom is 0.161 e.